The second kappa shape index (κ2) is 7.08. The predicted octanol–water partition coefficient (Wildman–Crippen LogP) is 1.92. The van der Waals surface area contributed by atoms with Gasteiger partial charge in [-0.3, -0.25) is 14.8 Å². The summed E-state index contributed by atoms with van der Waals surface area (Å²) < 4.78 is 11.2. The van der Waals surface area contributed by atoms with Gasteiger partial charge in [-0.25, -0.2) is 14.6 Å². The van der Waals surface area contributed by atoms with Crippen LogP contribution < -0.4 is 0 Å². The van der Waals surface area contributed by atoms with Crippen molar-refractivity contribution in [2.75, 3.05) is 6.54 Å². The van der Waals surface area contributed by atoms with Gasteiger partial charge < -0.3 is 14.5 Å². The fraction of sp³-hybridized carbons (Fsp3) is 0.286. The molecule has 2 aliphatic rings. The van der Waals surface area contributed by atoms with Crippen LogP contribution in [-0.4, -0.2) is 55.4 Å². The number of nitrogens with zero attached hydrogens (tertiary/aromatic N) is 3. The molecule has 0 saturated carbocycles. The van der Waals surface area contributed by atoms with Gasteiger partial charge in [-0.05, 0) is 19.4 Å². The molecule has 5 rings (SSSR count). The van der Waals surface area contributed by atoms with Gasteiger partial charge in [0.15, 0.2) is 5.69 Å². The maximum absolute atomic E-state index is 13.6. The molecule has 10 nitrogen and oxygen atoms in total. The van der Waals surface area contributed by atoms with Crippen molar-refractivity contribution in [3.8, 4) is 0 Å². The number of ether oxygens (including phenoxy) is 2. The van der Waals surface area contributed by atoms with Gasteiger partial charge in [-0.2, -0.15) is 5.10 Å². The molecule has 1 atom stereocenters. The van der Waals surface area contributed by atoms with Crippen LogP contribution in [0.1, 0.15) is 40.6 Å². The molecule has 1 fully saturated rings. The topological polar surface area (TPSA) is 130 Å². The monoisotopic (exact) mass is 421 g/mol. The third kappa shape index (κ3) is 3.16. The average molecular weight is 421 g/mol. The summed E-state index contributed by atoms with van der Waals surface area (Å²) in [6.07, 6.45) is 4.17. The van der Waals surface area contributed by atoms with Crippen LogP contribution in [0.2, 0.25) is 0 Å². The zero-order valence-corrected chi connectivity index (χ0v) is 16.6. The van der Waals surface area contributed by atoms with Gasteiger partial charge in [0, 0.05) is 35.7 Å². The number of esters is 2. The highest BCUT2D eigenvalue weighted by Crippen LogP contribution is 2.41. The zero-order chi connectivity index (χ0) is 21.6. The maximum Gasteiger partial charge on any atom is 0.346 e. The van der Waals surface area contributed by atoms with Crippen molar-refractivity contribution in [2.45, 2.75) is 31.6 Å². The number of carbonyl (C=O) groups is 3. The standard InChI is InChI=1S/C21H19N5O5/c1-12-18(23-11-22-12)13-8-9-26(21(10-13)30-16(27)6-7-17(28)31-21)20(29)19-14-4-2-3-5-15(14)24-25-19/h2-7,11,13H,8-10H2,1H3,(H,22,23)(H,24,25). The van der Waals surface area contributed by atoms with E-state index in [-0.39, 0.29) is 24.6 Å². The summed E-state index contributed by atoms with van der Waals surface area (Å²) in [5.74, 6) is -4.13. The number of amides is 1. The Morgan fingerprint density at radius 1 is 1.19 bits per heavy atom. The molecular formula is C21H19N5O5. The number of nitrogens with one attached hydrogen (secondary N) is 2. The van der Waals surface area contributed by atoms with Crippen molar-refractivity contribution in [3.63, 3.8) is 0 Å². The summed E-state index contributed by atoms with van der Waals surface area (Å²) in [5, 5.41) is 7.61. The smallest absolute Gasteiger partial charge is 0.346 e. The fourth-order valence-corrected chi connectivity index (χ4v) is 4.24. The number of hydrogen-bond acceptors (Lipinski definition) is 7. The lowest BCUT2D eigenvalue weighted by molar-refractivity contribution is -0.281. The van der Waals surface area contributed by atoms with E-state index in [1.165, 1.54) is 4.90 Å². The molecule has 1 unspecified atom stereocenters. The molecule has 31 heavy (non-hydrogen) atoms. The van der Waals surface area contributed by atoms with E-state index >= 15 is 0 Å². The van der Waals surface area contributed by atoms with Crippen LogP contribution in [0.15, 0.2) is 42.7 Å². The van der Waals surface area contributed by atoms with Crippen molar-refractivity contribution in [2.24, 2.45) is 0 Å². The van der Waals surface area contributed by atoms with Crippen LogP contribution in [-0.2, 0) is 19.1 Å². The van der Waals surface area contributed by atoms with Crippen molar-refractivity contribution >= 4 is 28.7 Å². The summed E-state index contributed by atoms with van der Waals surface area (Å²) in [7, 11) is 0. The lowest BCUT2D eigenvalue weighted by Gasteiger charge is -2.45. The number of aromatic amines is 2. The predicted molar refractivity (Wildman–Crippen MR) is 106 cm³/mol. The third-order valence-corrected chi connectivity index (χ3v) is 5.67. The lowest BCUT2D eigenvalue weighted by atomic mass is 9.89. The van der Waals surface area contributed by atoms with Crippen LogP contribution >= 0.6 is 0 Å². The maximum atomic E-state index is 13.6. The number of hydrogen-bond donors (Lipinski definition) is 2. The van der Waals surface area contributed by atoms with Crippen molar-refractivity contribution in [1.82, 2.24) is 25.1 Å². The number of piperidine rings is 1. The van der Waals surface area contributed by atoms with Crippen molar-refractivity contribution in [1.29, 1.82) is 0 Å². The van der Waals surface area contributed by atoms with Crippen molar-refractivity contribution < 1.29 is 23.9 Å². The first-order valence-corrected chi connectivity index (χ1v) is 9.86. The van der Waals surface area contributed by atoms with E-state index in [0.717, 1.165) is 23.5 Å². The Kier molecular flexibility index (Phi) is 4.35. The summed E-state index contributed by atoms with van der Waals surface area (Å²) in [4.78, 5) is 46.8. The number of likely N-dealkylation sites (tertiary alicyclic amines) is 1. The number of aryl methyl sites for hydroxylation is 1. The lowest BCUT2D eigenvalue weighted by Crippen LogP contribution is -2.60. The number of rotatable bonds is 2. The van der Waals surface area contributed by atoms with E-state index in [4.69, 9.17) is 9.47 Å². The Labute approximate surface area is 176 Å². The molecule has 4 heterocycles. The Hall–Kier alpha value is -3.95. The second-order valence-corrected chi connectivity index (χ2v) is 7.57. The molecule has 0 bridgehead atoms. The highest BCUT2D eigenvalue weighted by molar-refractivity contribution is 6.05. The van der Waals surface area contributed by atoms with Gasteiger partial charge in [0.05, 0.1) is 24.0 Å². The van der Waals surface area contributed by atoms with Crippen LogP contribution in [0.3, 0.4) is 0 Å². The van der Waals surface area contributed by atoms with Crippen LogP contribution in [0, 0.1) is 6.92 Å². The molecule has 0 aliphatic carbocycles. The van der Waals surface area contributed by atoms with E-state index in [2.05, 4.69) is 20.2 Å². The van der Waals surface area contributed by atoms with Gasteiger partial charge in [0.25, 0.3) is 5.91 Å². The number of H-pyrrole nitrogens is 2. The first-order chi connectivity index (χ1) is 15.0. The number of carbonyl (C=O) groups excluding carboxylic acids is 3. The molecule has 1 amide bonds. The average Bonchev–Trinajstić information content (AvgIpc) is 3.34. The molecule has 2 N–H and O–H groups in total. The number of aromatic nitrogens is 4. The largest absolute Gasteiger partial charge is 0.400 e. The highest BCUT2D eigenvalue weighted by atomic mass is 16.8. The summed E-state index contributed by atoms with van der Waals surface area (Å²) in [5.41, 5.74) is 2.50. The van der Waals surface area contributed by atoms with Gasteiger partial charge in [0.2, 0.25) is 0 Å². The summed E-state index contributed by atoms with van der Waals surface area (Å²) >= 11 is 0. The quantitative estimate of drug-likeness (QED) is 0.605. The minimum Gasteiger partial charge on any atom is -0.400 e. The van der Waals surface area contributed by atoms with Crippen LogP contribution in [0.4, 0.5) is 0 Å². The number of imidazole rings is 1. The third-order valence-electron chi connectivity index (χ3n) is 5.67. The molecule has 2 aromatic heterocycles. The summed E-state index contributed by atoms with van der Waals surface area (Å²) in [6, 6.07) is 7.20. The molecular weight excluding hydrogens is 402 g/mol. The molecule has 158 valence electrons. The number of para-hydroxylation sites is 1. The Morgan fingerprint density at radius 3 is 2.65 bits per heavy atom. The Balaban J connectivity index is 1.57. The van der Waals surface area contributed by atoms with Gasteiger partial charge in [-0.15, -0.1) is 0 Å². The van der Waals surface area contributed by atoms with Gasteiger partial charge in [-0.1, -0.05) is 18.2 Å². The SMILES string of the molecule is Cc1[nH]cnc1C1CCN(C(=O)c2n[nH]c3ccccc23)C2(C1)OC(=O)C=CC(=O)O2. The molecule has 2 aliphatic heterocycles. The first-order valence-electron chi connectivity index (χ1n) is 9.86. The normalized spacial score (nSPS) is 20.5. The van der Waals surface area contributed by atoms with E-state index in [9.17, 15) is 14.4 Å². The molecule has 0 radical (unpaired) electrons. The minimum absolute atomic E-state index is 0.0615. The molecule has 1 aromatic carbocycles. The van der Waals surface area contributed by atoms with E-state index in [1.807, 2.05) is 13.0 Å². The fourth-order valence-electron chi connectivity index (χ4n) is 4.24. The van der Waals surface area contributed by atoms with Crippen LogP contribution in [0.25, 0.3) is 10.9 Å². The molecule has 1 saturated heterocycles. The number of fused-ring (bicyclic) bond motifs is 1. The Morgan fingerprint density at radius 2 is 1.94 bits per heavy atom. The van der Waals surface area contributed by atoms with E-state index < -0.39 is 23.8 Å². The molecule has 3 aromatic rings. The van der Waals surface area contributed by atoms with Gasteiger partial charge in [0.1, 0.15) is 0 Å². The van der Waals surface area contributed by atoms with Gasteiger partial charge >= 0.3 is 17.8 Å². The van der Waals surface area contributed by atoms with Crippen LogP contribution in [0.5, 0.6) is 0 Å². The second-order valence-electron chi connectivity index (χ2n) is 7.57. The molecule has 1 spiro atoms. The number of benzene rings is 1. The first kappa shape index (κ1) is 19.0. The van der Waals surface area contributed by atoms with E-state index in [0.29, 0.717) is 17.3 Å². The zero-order valence-electron chi connectivity index (χ0n) is 16.6. The molecule has 10 heteroatoms. The summed E-state index contributed by atoms with van der Waals surface area (Å²) in [6.45, 7) is 2.06. The van der Waals surface area contributed by atoms with E-state index in [1.54, 1.807) is 24.5 Å². The Bertz CT molecular complexity index is 1210. The highest BCUT2D eigenvalue weighted by Gasteiger charge is 2.53. The minimum atomic E-state index is -1.90. The van der Waals surface area contributed by atoms with Crippen molar-refractivity contribution in [3.05, 3.63) is 59.8 Å².